The lowest BCUT2D eigenvalue weighted by molar-refractivity contribution is 0.0854. The van der Waals surface area contributed by atoms with Crippen LogP contribution in [-0.4, -0.2) is 30.1 Å². The second-order valence-electron chi connectivity index (χ2n) is 3.60. The van der Waals surface area contributed by atoms with Crippen LogP contribution in [0.5, 0.6) is 0 Å². The molecular formula is C10H14N2O2S. The number of amides is 1. The van der Waals surface area contributed by atoms with Crippen LogP contribution in [0.4, 0.5) is 0 Å². The number of rotatable bonds is 3. The molecule has 1 aliphatic rings. The number of ether oxygens (including phenoxy) is 1. The largest absolute Gasteiger partial charge is 0.376 e. The van der Waals surface area contributed by atoms with Gasteiger partial charge in [0, 0.05) is 18.5 Å². The van der Waals surface area contributed by atoms with E-state index < -0.39 is 0 Å². The van der Waals surface area contributed by atoms with Crippen molar-refractivity contribution in [1.29, 1.82) is 0 Å². The maximum atomic E-state index is 11.6. The van der Waals surface area contributed by atoms with Gasteiger partial charge in [-0.25, -0.2) is 4.98 Å². The van der Waals surface area contributed by atoms with E-state index >= 15 is 0 Å². The number of nitrogens with zero attached hydrogens (tertiary/aromatic N) is 1. The lowest BCUT2D eigenvalue weighted by atomic mass is 10.2. The molecule has 15 heavy (non-hydrogen) atoms. The Morgan fingerprint density at radius 1 is 1.80 bits per heavy atom. The molecule has 0 bridgehead atoms. The number of thiazole rings is 1. The summed E-state index contributed by atoms with van der Waals surface area (Å²) in [5.41, 5.74) is 0.510. The van der Waals surface area contributed by atoms with Crippen LogP contribution < -0.4 is 5.32 Å². The van der Waals surface area contributed by atoms with Crippen LogP contribution in [0, 0.1) is 6.92 Å². The van der Waals surface area contributed by atoms with Crippen molar-refractivity contribution in [3.05, 3.63) is 16.1 Å². The minimum atomic E-state index is -0.102. The third kappa shape index (κ3) is 2.76. The molecule has 1 unspecified atom stereocenters. The van der Waals surface area contributed by atoms with Crippen LogP contribution in [0.1, 0.15) is 28.3 Å². The van der Waals surface area contributed by atoms with Crippen molar-refractivity contribution in [2.75, 3.05) is 13.2 Å². The molecule has 82 valence electrons. The van der Waals surface area contributed by atoms with Gasteiger partial charge in [0.25, 0.3) is 5.91 Å². The Hall–Kier alpha value is -0.940. The minimum Gasteiger partial charge on any atom is -0.376 e. The van der Waals surface area contributed by atoms with Crippen LogP contribution in [0.3, 0.4) is 0 Å². The molecule has 0 aliphatic carbocycles. The average molecular weight is 226 g/mol. The van der Waals surface area contributed by atoms with Gasteiger partial charge in [0.15, 0.2) is 0 Å². The molecule has 2 rings (SSSR count). The van der Waals surface area contributed by atoms with Crippen molar-refractivity contribution >= 4 is 17.2 Å². The first-order valence-electron chi connectivity index (χ1n) is 5.07. The van der Waals surface area contributed by atoms with E-state index in [1.54, 1.807) is 5.38 Å². The van der Waals surface area contributed by atoms with E-state index in [9.17, 15) is 4.79 Å². The summed E-state index contributed by atoms with van der Waals surface area (Å²) in [5, 5.41) is 5.53. The molecule has 1 fully saturated rings. The molecule has 0 saturated carbocycles. The highest BCUT2D eigenvalue weighted by Gasteiger charge is 2.17. The number of carbonyl (C=O) groups excluding carboxylic acids is 1. The molecule has 1 N–H and O–H groups in total. The summed E-state index contributed by atoms with van der Waals surface area (Å²) in [6.45, 7) is 3.30. The zero-order valence-electron chi connectivity index (χ0n) is 8.66. The summed E-state index contributed by atoms with van der Waals surface area (Å²) in [5.74, 6) is -0.102. The maximum absolute atomic E-state index is 11.6. The minimum absolute atomic E-state index is 0.102. The lowest BCUT2D eigenvalue weighted by Gasteiger charge is -2.09. The van der Waals surface area contributed by atoms with E-state index in [0.29, 0.717) is 12.2 Å². The Balaban J connectivity index is 1.81. The van der Waals surface area contributed by atoms with Gasteiger partial charge in [0.05, 0.1) is 11.1 Å². The van der Waals surface area contributed by atoms with Gasteiger partial charge in [0.2, 0.25) is 0 Å². The average Bonchev–Trinajstić information content (AvgIpc) is 2.84. The molecule has 0 radical (unpaired) electrons. The highest BCUT2D eigenvalue weighted by Crippen LogP contribution is 2.11. The van der Waals surface area contributed by atoms with Crippen molar-refractivity contribution in [2.24, 2.45) is 0 Å². The summed E-state index contributed by atoms with van der Waals surface area (Å²) in [6.07, 6.45) is 2.32. The van der Waals surface area contributed by atoms with Gasteiger partial charge in [-0.05, 0) is 19.8 Å². The van der Waals surface area contributed by atoms with E-state index in [2.05, 4.69) is 10.3 Å². The number of carbonyl (C=O) groups is 1. The monoisotopic (exact) mass is 226 g/mol. The maximum Gasteiger partial charge on any atom is 0.270 e. The molecule has 5 heteroatoms. The molecule has 0 aromatic carbocycles. The highest BCUT2D eigenvalue weighted by atomic mass is 32.1. The predicted molar refractivity (Wildman–Crippen MR) is 58.2 cm³/mol. The Morgan fingerprint density at radius 3 is 3.27 bits per heavy atom. The van der Waals surface area contributed by atoms with Gasteiger partial charge >= 0.3 is 0 Å². The number of hydrogen-bond acceptors (Lipinski definition) is 4. The van der Waals surface area contributed by atoms with Crippen LogP contribution in [0.2, 0.25) is 0 Å². The number of aryl methyl sites for hydroxylation is 1. The van der Waals surface area contributed by atoms with Gasteiger partial charge in [-0.15, -0.1) is 11.3 Å². The van der Waals surface area contributed by atoms with Gasteiger partial charge in [-0.3, -0.25) is 4.79 Å². The van der Waals surface area contributed by atoms with Crippen molar-refractivity contribution in [1.82, 2.24) is 10.3 Å². The smallest absolute Gasteiger partial charge is 0.270 e. The molecule has 4 nitrogen and oxygen atoms in total. The molecule has 1 amide bonds. The lowest BCUT2D eigenvalue weighted by Crippen LogP contribution is -2.31. The third-order valence-corrected chi connectivity index (χ3v) is 3.14. The first-order valence-corrected chi connectivity index (χ1v) is 5.95. The summed E-state index contributed by atoms with van der Waals surface area (Å²) >= 11 is 1.49. The van der Waals surface area contributed by atoms with Gasteiger partial charge in [0.1, 0.15) is 5.69 Å². The summed E-state index contributed by atoms with van der Waals surface area (Å²) in [7, 11) is 0. The molecular weight excluding hydrogens is 212 g/mol. The SMILES string of the molecule is Cc1nc(C(=O)NCC2CCCO2)cs1. The molecule has 1 aliphatic heterocycles. The van der Waals surface area contributed by atoms with Gasteiger partial charge in [-0.1, -0.05) is 0 Å². The Morgan fingerprint density at radius 2 is 2.67 bits per heavy atom. The van der Waals surface area contributed by atoms with E-state index in [-0.39, 0.29) is 12.0 Å². The normalized spacial score (nSPS) is 20.5. The topological polar surface area (TPSA) is 51.2 Å². The molecule has 1 aromatic heterocycles. The first-order chi connectivity index (χ1) is 7.25. The van der Waals surface area contributed by atoms with Crippen LogP contribution >= 0.6 is 11.3 Å². The number of aromatic nitrogens is 1. The van der Waals surface area contributed by atoms with Crippen molar-refractivity contribution in [3.8, 4) is 0 Å². The highest BCUT2D eigenvalue weighted by molar-refractivity contribution is 7.09. The van der Waals surface area contributed by atoms with E-state index in [0.717, 1.165) is 24.5 Å². The molecule has 1 aromatic rings. The molecule has 0 spiro atoms. The molecule has 1 atom stereocenters. The van der Waals surface area contributed by atoms with Crippen molar-refractivity contribution in [2.45, 2.75) is 25.9 Å². The van der Waals surface area contributed by atoms with E-state index in [1.807, 2.05) is 6.92 Å². The van der Waals surface area contributed by atoms with Crippen molar-refractivity contribution in [3.63, 3.8) is 0 Å². The van der Waals surface area contributed by atoms with Crippen molar-refractivity contribution < 1.29 is 9.53 Å². The second kappa shape index (κ2) is 4.72. The fourth-order valence-electron chi connectivity index (χ4n) is 1.57. The zero-order chi connectivity index (χ0) is 10.7. The molecule has 1 saturated heterocycles. The van der Waals surface area contributed by atoms with Crippen LogP contribution in [-0.2, 0) is 4.74 Å². The fourth-order valence-corrected chi connectivity index (χ4v) is 2.16. The number of hydrogen-bond donors (Lipinski definition) is 1. The van der Waals surface area contributed by atoms with Gasteiger partial charge in [-0.2, -0.15) is 0 Å². The quantitative estimate of drug-likeness (QED) is 0.846. The third-order valence-electron chi connectivity index (χ3n) is 2.37. The van der Waals surface area contributed by atoms with Crippen LogP contribution in [0.15, 0.2) is 5.38 Å². The van der Waals surface area contributed by atoms with Crippen LogP contribution in [0.25, 0.3) is 0 Å². The Labute approximate surface area is 92.7 Å². The summed E-state index contributed by atoms with van der Waals surface area (Å²) < 4.78 is 5.41. The van der Waals surface area contributed by atoms with E-state index in [4.69, 9.17) is 4.74 Å². The predicted octanol–water partition coefficient (Wildman–Crippen LogP) is 1.36. The zero-order valence-corrected chi connectivity index (χ0v) is 9.47. The number of nitrogens with one attached hydrogen (secondary N) is 1. The second-order valence-corrected chi connectivity index (χ2v) is 4.66. The first kappa shape index (κ1) is 10.6. The Kier molecular flexibility index (Phi) is 3.33. The summed E-state index contributed by atoms with van der Waals surface area (Å²) in [6, 6.07) is 0. The molecule has 2 heterocycles. The standard InChI is InChI=1S/C10H14N2O2S/c1-7-12-9(6-15-7)10(13)11-5-8-3-2-4-14-8/h6,8H,2-5H2,1H3,(H,11,13). The summed E-state index contributed by atoms with van der Waals surface area (Å²) in [4.78, 5) is 15.7. The van der Waals surface area contributed by atoms with E-state index in [1.165, 1.54) is 11.3 Å². The fraction of sp³-hybridized carbons (Fsp3) is 0.600. The Bertz CT molecular complexity index is 345. The van der Waals surface area contributed by atoms with Gasteiger partial charge < -0.3 is 10.1 Å².